The molecule has 0 aliphatic rings. The molecule has 1 aromatic rings. The van der Waals surface area contributed by atoms with Crippen molar-refractivity contribution in [3.63, 3.8) is 0 Å². The van der Waals surface area contributed by atoms with Gasteiger partial charge in [0.05, 0.1) is 16.4 Å². The van der Waals surface area contributed by atoms with Gasteiger partial charge >= 0.3 is 5.69 Å². The monoisotopic (exact) mass is 276 g/mol. The highest BCUT2D eigenvalue weighted by atomic mass is 32.2. The van der Waals surface area contributed by atoms with E-state index in [1.165, 1.54) is 6.92 Å². The van der Waals surface area contributed by atoms with Gasteiger partial charge in [0.25, 0.3) is 0 Å². The third-order valence-electron chi connectivity index (χ3n) is 1.94. The Hall–Kier alpha value is -1.87. The molecule has 0 radical (unpaired) electrons. The van der Waals surface area contributed by atoms with E-state index in [1.807, 2.05) is 4.72 Å². The van der Waals surface area contributed by atoms with E-state index in [0.29, 0.717) is 12.1 Å². The second kappa shape index (κ2) is 5.19. The van der Waals surface area contributed by atoms with Crippen LogP contribution in [0.2, 0.25) is 0 Å². The van der Waals surface area contributed by atoms with E-state index in [4.69, 9.17) is 0 Å². The Labute approximate surface area is 102 Å². The average Bonchev–Trinajstić information content (AvgIpc) is 2.26. The molecule has 18 heavy (non-hydrogen) atoms. The summed E-state index contributed by atoms with van der Waals surface area (Å²) in [7, 11) is -4.07. The van der Waals surface area contributed by atoms with Gasteiger partial charge in [-0.15, -0.1) is 0 Å². The van der Waals surface area contributed by atoms with Gasteiger partial charge in [0, 0.05) is 6.07 Å². The van der Waals surface area contributed by atoms with E-state index >= 15 is 0 Å². The largest absolute Gasteiger partial charge is 0.306 e. The molecule has 98 valence electrons. The Morgan fingerprint density at radius 1 is 1.50 bits per heavy atom. The van der Waals surface area contributed by atoms with Crippen molar-refractivity contribution in [1.29, 1.82) is 0 Å². The lowest BCUT2D eigenvalue weighted by molar-refractivity contribution is -0.387. The number of benzene rings is 1. The van der Waals surface area contributed by atoms with Gasteiger partial charge in [-0.1, -0.05) is 0 Å². The van der Waals surface area contributed by atoms with E-state index in [2.05, 4.69) is 0 Å². The molecular weight excluding hydrogens is 267 g/mol. The third kappa shape index (κ3) is 3.31. The molecule has 9 heteroatoms. The molecule has 0 unspecified atom stereocenters. The second-order valence-electron chi connectivity index (χ2n) is 3.40. The molecule has 0 saturated heterocycles. The van der Waals surface area contributed by atoms with Crippen LogP contribution in [0, 0.1) is 15.9 Å². The molecule has 0 bridgehead atoms. The summed E-state index contributed by atoms with van der Waals surface area (Å²) in [6.45, 7) is 0.739. The van der Waals surface area contributed by atoms with Crippen LogP contribution >= 0.6 is 0 Å². The molecule has 0 aliphatic carbocycles. The first-order valence-electron chi connectivity index (χ1n) is 4.67. The predicted octanol–water partition coefficient (Wildman–Crippen LogP) is 0.601. The molecule has 0 aromatic heterocycles. The number of carbonyl (C=O) groups is 1. The lowest BCUT2D eigenvalue weighted by Gasteiger charge is -2.05. The van der Waals surface area contributed by atoms with Crippen molar-refractivity contribution in [3.05, 3.63) is 34.1 Å². The fraction of sp³-hybridized carbons (Fsp3) is 0.222. The fourth-order valence-corrected chi connectivity index (χ4v) is 2.15. The fourth-order valence-electron chi connectivity index (χ4n) is 1.08. The summed E-state index contributed by atoms with van der Waals surface area (Å²) in [5.41, 5.74) is -0.944. The highest BCUT2D eigenvalue weighted by Crippen LogP contribution is 2.21. The van der Waals surface area contributed by atoms with Crippen LogP contribution in [0.3, 0.4) is 0 Å². The van der Waals surface area contributed by atoms with Crippen molar-refractivity contribution in [3.8, 4) is 0 Å². The number of ketones is 1. The molecule has 0 heterocycles. The van der Waals surface area contributed by atoms with Gasteiger partial charge in [0.15, 0.2) is 0 Å². The minimum Gasteiger partial charge on any atom is -0.299 e. The molecule has 1 N–H and O–H groups in total. The van der Waals surface area contributed by atoms with E-state index in [-0.39, 0.29) is 0 Å². The zero-order valence-corrected chi connectivity index (χ0v) is 10.0. The lowest BCUT2D eigenvalue weighted by Crippen LogP contribution is -2.28. The van der Waals surface area contributed by atoms with Gasteiger partial charge in [-0.2, -0.15) is 4.39 Å². The van der Waals surface area contributed by atoms with Crippen molar-refractivity contribution in [1.82, 2.24) is 4.72 Å². The molecule has 1 rings (SSSR count). The molecule has 0 saturated carbocycles. The van der Waals surface area contributed by atoms with Crippen LogP contribution < -0.4 is 4.72 Å². The minimum atomic E-state index is -4.07. The smallest absolute Gasteiger partial charge is 0.299 e. The standard InChI is InChI=1S/C9H9FN2O5S/c1-6(13)5-11-18(16,17)7-2-3-8(10)9(4-7)12(14)15/h2-4,11H,5H2,1H3. The molecule has 7 nitrogen and oxygen atoms in total. The predicted molar refractivity (Wildman–Crippen MR) is 58.9 cm³/mol. The van der Waals surface area contributed by atoms with Gasteiger partial charge in [-0.05, 0) is 19.1 Å². The Morgan fingerprint density at radius 2 is 2.11 bits per heavy atom. The molecular formula is C9H9FN2O5S. The number of hydrogen-bond donors (Lipinski definition) is 1. The molecule has 0 aliphatic heterocycles. The van der Waals surface area contributed by atoms with Gasteiger partial charge in [0.2, 0.25) is 15.8 Å². The summed E-state index contributed by atoms with van der Waals surface area (Å²) < 4.78 is 38.2. The van der Waals surface area contributed by atoms with E-state index in [0.717, 1.165) is 6.07 Å². The summed E-state index contributed by atoms with van der Waals surface area (Å²) in [4.78, 5) is 19.6. The van der Waals surface area contributed by atoms with Crippen LogP contribution in [0.5, 0.6) is 0 Å². The maximum absolute atomic E-state index is 13.0. The summed E-state index contributed by atoms with van der Waals surface area (Å²) in [6, 6.07) is 2.16. The van der Waals surface area contributed by atoms with Gasteiger partial charge < -0.3 is 0 Å². The number of Topliss-reactive ketones (excluding diaryl/α,β-unsaturated/α-hetero) is 1. The minimum absolute atomic E-state index is 0.421. The van der Waals surface area contributed by atoms with Crippen molar-refractivity contribution in [2.75, 3.05) is 6.54 Å². The maximum atomic E-state index is 13.0. The number of carbonyl (C=O) groups excluding carboxylic acids is 1. The SMILES string of the molecule is CC(=O)CNS(=O)(=O)c1ccc(F)c([N+](=O)[O-])c1. The van der Waals surface area contributed by atoms with Gasteiger partial charge in [-0.3, -0.25) is 14.9 Å². The van der Waals surface area contributed by atoms with Gasteiger partial charge in [0.1, 0.15) is 5.78 Å². The second-order valence-corrected chi connectivity index (χ2v) is 5.16. The van der Waals surface area contributed by atoms with E-state index < -0.39 is 43.7 Å². The quantitative estimate of drug-likeness (QED) is 0.626. The number of sulfonamides is 1. The maximum Gasteiger partial charge on any atom is 0.306 e. The first kappa shape index (κ1) is 14.2. The number of nitro benzene ring substituents is 1. The zero-order valence-electron chi connectivity index (χ0n) is 9.21. The number of nitrogens with zero attached hydrogens (tertiary/aromatic N) is 1. The number of rotatable bonds is 5. The lowest BCUT2D eigenvalue weighted by atomic mass is 10.3. The normalized spacial score (nSPS) is 11.2. The Balaban J connectivity index is 3.14. The molecule has 1 aromatic carbocycles. The third-order valence-corrected chi connectivity index (χ3v) is 3.33. The van der Waals surface area contributed by atoms with Crippen LogP contribution in [0.15, 0.2) is 23.1 Å². The summed E-state index contributed by atoms with van der Waals surface area (Å²) >= 11 is 0. The highest BCUT2D eigenvalue weighted by molar-refractivity contribution is 7.89. The number of halogens is 1. The Morgan fingerprint density at radius 3 is 2.61 bits per heavy atom. The summed E-state index contributed by atoms with van der Waals surface area (Å²) in [5.74, 6) is -1.55. The summed E-state index contributed by atoms with van der Waals surface area (Å²) in [5, 5.41) is 10.5. The van der Waals surface area contributed by atoms with Crippen LogP contribution in [-0.4, -0.2) is 25.7 Å². The molecule has 0 spiro atoms. The van der Waals surface area contributed by atoms with Crippen LogP contribution in [0.4, 0.5) is 10.1 Å². The average molecular weight is 276 g/mol. The molecule has 0 amide bonds. The Kier molecular flexibility index (Phi) is 4.09. The first-order valence-corrected chi connectivity index (χ1v) is 6.15. The molecule has 0 atom stereocenters. The number of hydrogen-bond acceptors (Lipinski definition) is 5. The number of nitro groups is 1. The first-order chi connectivity index (χ1) is 8.24. The number of nitrogens with one attached hydrogen (secondary N) is 1. The van der Waals surface area contributed by atoms with Crippen LogP contribution in [0.1, 0.15) is 6.92 Å². The van der Waals surface area contributed by atoms with Crippen LogP contribution in [0.25, 0.3) is 0 Å². The van der Waals surface area contributed by atoms with Crippen molar-refractivity contribution >= 4 is 21.5 Å². The van der Waals surface area contributed by atoms with Crippen LogP contribution in [-0.2, 0) is 14.8 Å². The van der Waals surface area contributed by atoms with Gasteiger partial charge in [-0.25, -0.2) is 13.1 Å². The zero-order chi connectivity index (χ0) is 13.9. The van der Waals surface area contributed by atoms with Crippen molar-refractivity contribution in [2.24, 2.45) is 0 Å². The van der Waals surface area contributed by atoms with E-state index in [9.17, 15) is 27.7 Å². The molecule has 0 fully saturated rings. The van der Waals surface area contributed by atoms with Crippen molar-refractivity contribution < 1.29 is 22.5 Å². The topological polar surface area (TPSA) is 106 Å². The van der Waals surface area contributed by atoms with E-state index in [1.54, 1.807) is 0 Å². The highest BCUT2D eigenvalue weighted by Gasteiger charge is 2.21. The van der Waals surface area contributed by atoms with Crippen molar-refractivity contribution in [2.45, 2.75) is 11.8 Å². The summed E-state index contributed by atoms with van der Waals surface area (Å²) in [6.07, 6.45) is 0. The Bertz CT molecular complexity index is 599.